The molecule has 1 fully saturated rings. The number of hydrogen-bond donors (Lipinski definition) is 0. The van der Waals surface area contributed by atoms with Crippen LogP contribution in [0, 0.1) is 0 Å². The standard InChI is InChI=1S/C13H29N3/c1-6-13(2,3)16-11-9-15(10-12-16)8-7-14(4)5/h6-12H2,1-5H3. The van der Waals surface area contributed by atoms with Gasteiger partial charge in [-0.05, 0) is 34.4 Å². The van der Waals surface area contributed by atoms with Crippen LogP contribution in [0.4, 0.5) is 0 Å². The second-order valence-corrected chi connectivity index (χ2v) is 5.80. The fourth-order valence-corrected chi connectivity index (χ4v) is 2.14. The van der Waals surface area contributed by atoms with Crippen molar-refractivity contribution < 1.29 is 0 Å². The van der Waals surface area contributed by atoms with E-state index in [-0.39, 0.29) is 0 Å². The Labute approximate surface area is 101 Å². The SMILES string of the molecule is CCC(C)(C)N1CCN(CCN(C)C)CC1. The molecular formula is C13H29N3. The normalized spacial score (nSPS) is 20.6. The summed E-state index contributed by atoms with van der Waals surface area (Å²) in [6.45, 7) is 14.3. The number of hydrogen-bond acceptors (Lipinski definition) is 3. The molecule has 96 valence electrons. The van der Waals surface area contributed by atoms with Crippen LogP contribution in [0.5, 0.6) is 0 Å². The Kier molecular flexibility index (Phi) is 5.22. The highest BCUT2D eigenvalue weighted by Crippen LogP contribution is 2.19. The Morgan fingerprint density at radius 1 is 1.06 bits per heavy atom. The highest BCUT2D eigenvalue weighted by atomic mass is 15.3. The molecule has 16 heavy (non-hydrogen) atoms. The van der Waals surface area contributed by atoms with Crippen LogP contribution < -0.4 is 0 Å². The van der Waals surface area contributed by atoms with Gasteiger partial charge in [0.05, 0.1) is 0 Å². The zero-order valence-electron chi connectivity index (χ0n) is 11.8. The van der Waals surface area contributed by atoms with Gasteiger partial charge in [0.1, 0.15) is 0 Å². The molecule has 0 aromatic heterocycles. The van der Waals surface area contributed by atoms with Crippen molar-refractivity contribution in [3.05, 3.63) is 0 Å². The molecule has 0 aromatic carbocycles. The van der Waals surface area contributed by atoms with Crippen molar-refractivity contribution in [3.63, 3.8) is 0 Å². The van der Waals surface area contributed by atoms with Crippen molar-refractivity contribution in [2.24, 2.45) is 0 Å². The van der Waals surface area contributed by atoms with E-state index < -0.39 is 0 Å². The molecule has 0 unspecified atom stereocenters. The van der Waals surface area contributed by atoms with Crippen LogP contribution >= 0.6 is 0 Å². The Hall–Kier alpha value is -0.120. The minimum atomic E-state index is 0.383. The Bertz CT molecular complexity index is 193. The third kappa shape index (κ3) is 4.04. The smallest absolute Gasteiger partial charge is 0.0151 e. The van der Waals surface area contributed by atoms with E-state index in [2.05, 4.69) is 49.6 Å². The van der Waals surface area contributed by atoms with E-state index in [9.17, 15) is 0 Å². The predicted molar refractivity (Wildman–Crippen MR) is 70.9 cm³/mol. The van der Waals surface area contributed by atoms with Crippen LogP contribution in [-0.4, -0.2) is 73.6 Å². The van der Waals surface area contributed by atoms with Crippen molar-refractivity contribution in [3.8, 4) is 0 Å². The summed E-state index contributed by atoms with van der Waals surface area (Å²) in [6.07, 6.45) is 1.24. The van der Waals surface area contributed by atoms with Gasteiger partial charge in [-0.1, -0.05) is 6.92 Å². The second-order valence-electron chi connectivity index (χ2n) is 5.80. The summed E-state index contributed by atoms with van der Waals surface area (Å²) in [7, 11) is 4.30. The fraction of sp³-hybridized carbons (Fsp3) is 1.00. The zero-order valence-corrected chi connectivity index (χ0v) is 11.8. The fourth-order valence-electron chi connectivity index (χ4n) is 2.14. The van der Waals surface area contributed by atoms with E-state index in [4.69, 9.17) is 0 Å². The van der Waals surface area contributed by atoms with Crippen molar-refractivity contribution in [2.75, 3.05) is 53.4 Å². The Morgan fingerprint density at radius 3 is 2.06 bits per heavy atom. The van der Waals surface area contributed by atoms with E-state index in [0.29, 0.717) is 5.54 Å². The lowest BCUT2D eigenvalue weighted by Crippen LogP contribution is -2.55. The van der Waals surface area contributed by atoms with Crippen LogP contribution in [0.15, 0.2) is 0 Å². The molecule has 3 heteroatoms. The molecule has 1 aliphatic heterocycles. The van der Waals surface area contributed by atoms with Gasteiger partial charge in [0.15, 0.2) is 0 Å². The largest absolute Gasteiger partial charge is 0.308 e. The highest BCUT2D eigenvalue weighted by molar-refractivity contribution is 4.84. The lowest BCUT2D eigenvalue weighted by atomic mass is 9.98. The molecule has 0 N–H and O–H groups in total. The lowest BCUT2D eigenvalue weighted by Gasteiger charge is -2.44. The van der Waals surface area contributed by atoms with Crippen LogP contribution in [-0.2, 0) is 0 Å². The van der Waals surface area contributed by atoms with Crippen LogP contribution in [0.25, 0.3) is 0 Å². The van der Waals surface area contributed by atoms with Gasteiger partial charge in [0, 0.05) is 44.8 Å². The summed E-state index contributed by atoms with van der Waals surface area (Å²) in [4.78, 5) is 7.49. The summed E-state index contributed by atoms with van der Waals surface area (Å²) >= 11 is 0. The molecule has 0 radical (unpaired) electrons. The van der Waals surface area contributed by atoms with Gasteiger partial charge in [-0.25, -0.2) is 0 Å². The minimum Gasteiger partial charge on any atom is -0.308 e. The summed E-state index contributed by atoms with van der Waals surface area (Å²) in [5.41, 5.74) is 0.383. The number of piperazine rings is 1. The van der Waals surface area contributed by atoms with Crippen molar-refractivity contribution in [1.82, 2.24) is 14.7 Å². The Balaban J connectivity index is 2.28. The third-order valence-corrected chi connectivity index (χ3v) is 3.96. The van der Waals surface area contributed by atoms with Gasteiger partial charge in [0.25, 0.3) is 0 Å². The molecule has 0 aliphatic carbocycles. The molecule has 0 bridgehead atoms. The average molecular weight is 227 g/mol. The van der Waals surface area contributed by atoms with Crippen molar-refractivity contribution >= 4 is 0 Å². The number of nitrogens with zero attached hydrogens (tertiary/aromatic N) is 3. The maximum absolute atomic E-state index is 2.64. The van der Waals surface area contributed by atoms with E-state index in [1.54, 1.807) is 0 Å². The van der Waals surface area contributed by atoms with E-state index in [0.717, 1.165) is 0 Å². The van der Waals surface area contributed by atoms with Crippen LogP contribution in [0.2, 0.25) is 0 Å². The maximum atomic E-state index is 2.64. The maximum Gasteiger partial charge on any atom is 0.0151 e. The van der Waals surface area contributed by atoms with E-state index >= 15 is 0 Å². The van der Waals surface area contributed by atoms with Gasteiger partial charge < -0.3 is 4.90 Å². The minimum absolute atomic E-state index is 0.383. The summed E-state index contributed by atoms with van der Waals surface area (Å²) < 4.78 is 0. The highest BCUT2D eigenvalue weighted by Gasteiger charge is 2.27. The van der Waals surface area contributed by atoms with Gasteiger partial charge >= 0.3 is 0 Å². The van der Waals surface area contributed by atoms with Crippen LogP contribution in [0.3, 0.4) is 0 Å². The zero-order chi connectivity index (χ0) is 12.2. The lowest BCUT2D eigenvalue weighted by molar-refractivity contribution is 0.0479. The van der Waals surface area contributed by atoms with Crippen LogP contribution in [0.1, 0.15) is 27.2 Å². The summed E-state index contributed by atoms with van der Waals surface area (Å²) in [6, 6.07) is 0. The first kappa shape index (κ1) is 13.9. The Morgan fingerprint density at radius 2 is 1.62 bits per heavy atom. The molecule has 1 aliphatic rings. The first-order chi connectivity index (χ1) is 7.45. The topological polar surface area (TPSA) is 9.72 Å². The molecule has 0 saturated carbocycles. The number of likely N-dealkylation sites (N-methyl/N-ethyl adjacent to an activating group) is 1. The molecule has 3 nitrogen and oxygen atoms in total. The first-order valence-corrected chi connectivity index (χ1v) is 6.58. The quantitative estimate of drug-likeness (QED) is 0.702. The molecule has 1 saturated heterocycles. The molecule has 1 heterocycles. The third-order valence-electron chi connectivity index (χ3n) is 3.96. The first-order valence-electron chi connectivity index (χ1n) is 6.58. The van der Waals surface area contributed by atoms with Gasteiger partial charge in [-0.2, -0.15) is 0 Å². The molecule has 0 amide bonds. The molecule has 0 spiro atoms. The second kappa shape index (κ2) is 5.99. The van der Waals surface area contributed by atoms with Crippen molar-refractivity contribution in [1.29, 1.82) is 0 Å². The van der Waals surface area contributed by atoms with Gasteiger partial charge in [-0.3, -0.25) is 9.80 Å². The molecule has 0 aromatic rings. The van der Waals surface area contributed by atoms with E-state index in [1.165, 1.54) is 45.7 Å². The average Bonchev–Trinajstić information content (AvgIpc) is 2.27. The molecule has 0 atom stereocenters. The molecule has 1 rings (SSSR count). The van der Waals surface area contributed by atoms with Gasteiger partial charge in [-0.15, -0.1) is 0 Å². The number of rotatable bonds is 5. The van der Waals surface area contributed by atoms with E-state index in [1.807, 2.05) is 0 Å². The summed E-state index contributed by atoms with van der Waals surface area (Å²) in [5, 5.41) is 0. The van der Waals surface area contributed by atoms with Gasteiger partial charge in [0.2, 0.25) is 0 Å². The van der Waals surface area contributed by atoms with Crippen molar-refractivity contribution in [2.45, 2.75) is 32.7 Å². The predicted octanol–water partition coefficient (Wildman–Crippen LogP) is 1.35. The monoisotopic (exact) mass is 227 g/mol. The summed E-state index contributed by atoms with van der Waals surface area (Å²) in [5.74, 6) is 0. The molecular weight excluding hydrogens is 198 g/mol.